The Morgan fingerprint density at radius 1 is 1.26 bits per heavy atom. The van der Waals surface area contributed by atoms with Crippen LogP contribution >= 0.6 is 0 Å². The number of hydrogen-bond acceptors (Lipinski definition) is 5. The lowest BCUT2D eigenvalue weighted by atomic mass is 9.85. The highest BCUT2D eigenvalue weighted by atomic mass is 16.5. The van der Waals surface area contributed by atoms with Gasteiger partial charge in [0.1, 0.15) is 5.56 Å². The quantitative estimate of drug-likeness (QED) is 0.820. The Morgan fingerprint density at radius 3 is 2.70 bits per heavy atom. The third-order valence-corrected chi connectivity index (χ3v) is 5.72. The van der Waals surface area contributed by atoms with Crippen LogP contribution in [0.4, 0.5) is 5.69 Å². The number of rotatable bonds is 5. The lowest BCUT2D eigenvalue weighted by Gasteiger charge is -2.30. The number of hydrogen-bond donors (Lipinski definition) is 1. The highest BCUT2D eigenvalue weighted by Gasteiger charge is 2.22. The van der Waals surface area contributed by atoms with E-state index in [1.165, 1.54) is 19.3 Å². The van der Waals surface area contributed by atoms with Gasteiger partial charge in [-0.25, -0.2) is 4.79 Å². The second kappa shape index (κ2) is 7.72. The number of nitrogens with zero attached hydrogens (tertiary/aromatic N) is 2. The van der Waals surface area contributed by atoms with Crippen molar-refractivity contribution >= 4 is 22.6 Å². The zero-order chi connectivity index (χ0) is 18.8. The Morgan fingerprint density at radius 2 is 2.04 bits per heavy atom. The zero-order valence-electron chi connectivity index (χ0n) is 15.9. The molecule has 0 radical (unpaired) electrons. The maximum Gasteiger partial charge on any atom is 0.343 e. The summed E-state index contributed by atoms with van der Waals surface area (Å²) in [7, 11) is 0. The number of benzene rings is 1. The molecule has 2 aromatic rings. The highest BCUT2D eigenvalue weighted by molar-refractivity contribution is 5.94. The number of esters is 1. The Hall–Kier alpha value is -2.34. The minimum atomic E-state index is -0.528. The minimum Gasteiger partial charge on any atom is -0.462 e. The van der Waals surface area contributed by atoms with Gasteiger partial charge in [-0.3, -0.25) is 4.79 Å². The first-order valence-corrected chi connectivity index (χ1v) is 9.97. The second-order valence-corrected chi connectivity index (χ2v) is 7.48. The van der Waals surface area contributed by atoms with E-state index in [1.54, 1.807) is 13.1 Å². The Bertz CT molecular complexity index is 895. The predicted octanol–water partition coefficient (Wildman–Crippen LogP) is 2.39. The van der Waals surface area contributed by atoms with Gasteiger partial charge in [-0.15, -0.1) is 0 Å². The van der Waals surface area contributed by atoms with Crippen molar-refractivity contribution in [3.05, 3.63) is 40.2 Å². The molecular weight excluding hydrogens is 342 g/mol. The van der Waals surface area contributed by atoms with Gasteiger partial charge in [0, 0.05) is 50.0 Å². The number of aromatic nitrogens is 1. The topological polar surface area (TPSA) is 63.6 Å². The molecule has 1 aliphatic heterocycles. The first-order chi connectivity index (χ1) is 13.2. The van der Waals surface area contributed by atoms with Crippen LogP contribution in [0.1, 0.15) is 36.5 Å². The first-order valence-electron chi connectivity index (χ1n) is 9.97. The molecule has 1 aliphatic carbocycles. The molecule has 6 nitrogen and oxygen atoms in total. The summed E-state index contributed by atoms with van der Waals surface area (Å²) in [6, 6.07) is 6.07. The van der Waals surface area contributed by atoms with Crippen LogP contribution in [0.25, 0.3) is 10.9 Å². The average molecular weight is 369 g/mol. The van der Waals surface area contributed by atoms with Gasteiger partial charge in [0.15, 0.2) is 0 Å². The Kier molecular flexibility index (Phi) is 5.16. The highest BCUT2D eigenvalue weighted by Crippen LogP contribution is 2.29. The molecule has 144 valence electrons. The van der Waals surface area contributed by atoms with Crippen LogP contribution in [0.5, 0.6) is 0 Å². The van der Waals surface area contributed by atoms with Crippen molar-refractivity contribution in [2.75, 3.05) is 37.7 Å². The van der Waals surface area contributed by atoms with E-state index in [4.69, 9.17) is 4.74 Å². The average Bonchev–Trinajstić information content (AvgIpc) is 2.66. The van der Waals surface area contributed by atoms with Gasteiger partial charge in [-0.2, -0.15) is 0 Å². The molecule has 1 saturated heterocycles. The summed E-state index contributed by atoms with van der Waals surface area (Å²) >= 11 is 0. The summed E-state index contributed by atoms with van der Waals surface area (Å²) in [6.07, 6.45) is 5.38. The molecule has 1 aromatic carbocycles. The van der Waals surface area contributed by atoms with Gasteiger partial charge in [0.25, 0.3) is 0 Å². The molecule has 2 fully saturated rings. The molecule has 1 saturated carbocycles. The van der Waals surface area contributed by atoms with Crippen molar-refractivity contribution in [1.82, 2.24) is 9.88 Å². The van der Waals surface area contributed by atoms with Crippen LogP contribution < -0.4 is 15.6 Å². The van der Waals surface area contributed by atoms with Crippen LogP contribution in [0.2, 0.25) is 0 Å². The summed E-state index contributed by atoms with van der Waals surface area (Å²) in [5, 5.41) is 3.95. The van der Waals surface area contributed by atoms with Crippen molar-refractivity contribution in [3.63, 3.8) is 0 Å². The summed E-state index contributed by atoms with van der Waals surface area (Å²) in [6.45, 7) is 6.57. The van der Waals surface area contributed by atoms with Gasteiger partial charge in [-0.05, 0) is 43.9 Å². The Balaban J connectivity index is 1.80. The number of carbonyl (C=O) groups excluding carboxylic acids is 1. The van der Waals surface area contributed by atoms with Crippen molar-refractivity contribution < 1.29 is 9.53 Å². The van der Waals surface area contributed by atoms with Crippen LogP contribution in [0, 0.1) is 5.92 Å². The van der Waals surface area contributed by atoms with Crippen LogP contribution in [0.3, 0.4) is 0 Å². The fourth-order valence-corrected chi connectivity index (χ4v) is 3.96. The molecule has 27 heavy (non-hydrogen) atoms. The molecule has 0 spiro atoms. The van der Waals surface area contributed by atoms with E-state index in [9.17, 15) is 9.59 Å². The molecule has 0 bridgehead atoms. The van der Waals surface area contributed by atoms with Gasteiger partial charge in [0.05, 0.1) is 12.1 Å². The van der Waals surface area contributed by atoms with Crippen LogP contribution in [-0.2, 0) is 11.3 Å². The lowest BCUT2D eigenvalue weighted by molar-refractivity contribution is 0.0524. The van der Waals surface area contributed by atoms with E-state index in [2.05, 4.69) is 20.9 Å². The molecule has 6 heteroatoms. The van der Waals surface area contributed by atoms with Crippen molar-refractivity contribution in [1.29, 1.82) is 0 Å². The number of piperazine rings is 1. The monoisotopic (exact) mass is 369 g/mol. The maximum absolute atomic E-state index is 13.1. The maximum atomic E-state index is 13.1. The van der Waals surface area contributed by atoms with E-state index in [-0.39, 0.29) is 17.6 Å². The van der Waals surface area contributed by atoms with Gasteiger partial charge in [0.2, 0.25) is 5.43 Å². The van der Waals surface area contributed by atoms with E-state index < -0.39 is 5.97 Å². The molecule has 0 unspecified atom stereocenters. The van der Waals surface area contributed by atoms with Crippen LogP contribution in [0.15, 0.2) is 29.2 Å². The van der Waals surface area contributed by atoms with Gasteiger partial charge in [-0.1, -0.05) is 6.42 Å². The van der Waals surface area contributed by atoms with E-state index in [1.807, 2.05) is 12.1 Å². The van der Waals surface area contributed by atoms with Gasteiger partial charge >= 0.3 is 5.97 Å². The number of nitrogens with one attached hydrogen (secondary N) is 1. The SMILES string of the molecule is CCOC(=O)c1cn(CC2CCC2)c2ccc(N3CCNCC3)cc2c1=O. The van der Waals surface area contributed by atoms with Gasteiger partial charge < -0.3 is 19.5 Å². The molecule has 0 amide bonds. The zero-order valence-corrected chi connectivity index (χ0v) is 15.9. The van der Waals surface area contributed by atoms with E-state index >= 15 is 0 Å². The molecule has 1 N–H and O–H groups in total. The largest absolute Gasteiger partial charge is 0.462 e. The molecule has 2 heterocycles. The normalized spacial score (nSPS) is 17.7. The summed E-state index contributed by atoms with van der Waals surface area (Å²) < 4.78 is 7.21. The van der Waals surface area contributed by atoms with Crippen LogP contribution in [-0.4, -0.2) is 43.3 Å². The van der Waals surface area contributed by atoms with Crippen molar-refractivity contribution in [2.24, 2.45) is 5.92 Å². The summed E-state index contributed by atoms with van der Waals surface area (Å²) in [5.74, 6) is 0.0953. The third kappa shape index (κ3) is 3.58. The van der Waals surface area contributed by atoms with Crippen molar-refractivity contribution in [3.8, 4) is 0 Å². The summed E-state index contributed by atoms with van der Waals surface area (Å²) in [5.41, 5.74) is 1.85. The number of fused-ring (bicyclic) bond motifs is 1. The smallest absolute Gasteiger partial charge is 0.343 e. The standard InChI is InChI=1S/C21H27N3O3/c1-2-27-21(26)18-14-24(13-15-4-3-5-15)19-7-6-16(12-17(19)20(18)25)23-10-8-22-9-11-23/h6-7,12,14-15,22H,2-5,8-11,13H2,1H3. The third-order valence-electron chi connectivity index (χ3n) is 5.72. The summed E-state index contributed by atoms with van der Waals surface area (Å²) in [4.78, 5) is 27.7. The van der Waals surface area contributed by atoms with E-state index in [0.717, 1.165) is 43.9 Å². The lowest BCUT2D eigenvalue weighted by Crippen LogP contribution is -2.43. The molecule has 0 atom stereocenters. The minimum absolute atomic E-state index is 0.140. The predicted molar refractivity (Wildman–Crippen MR) is 107 cm³/mol. The Labute approximate surface area is 159 Å². The number of ether oxygens (including phenoxy) is 1. The molecule has 2 aliphatic rings. The first kappa shape index (κ1) is 18.0. The van der Waals surface area contributed by atoms with Crippen molar-refractivity contribution in [2.45, 2.75) is 32.7 Å². The number of pyridine rings is 1. The fraction of sp³-hybridized carbons (Fsp3) is 0.524. The number of anilines is 1. The van der Waals surface area contributed by atoms with E-state index in [0.29, 0.717) is 11.3 Å². The number of carbonyl (C=O) groups is 1. The molecule has 4 rings (SSSR count). The second-order valence-electron chi connectivity index (χ2n) is 7.48. The molecular formula is C21H27N3O3. The molecule has 1 aromatic heterocycles. The fourth-order valence-electron chi connectivity index (χ4n) is 3.96.